The average molecular weight is 266 g/mol. The van der Waals surface area contributed by atoms with Crippen molar-refractivity contribution in [3.63, 3.8) is 0 Å². The maximum absolute atomic E-state index is 14.1. The van der Waals surface area contributed by atoms with Crippen molar-refractivity contribution in [2.45, 2.75) is 38.6 Å². The van der Waals surface area contributed by atoms with Crippen molar-refractivity contribution in [3.8, 4) is 0 Å². The van der Waals surface area contributed by atoms with Gasteiger partial charge in [-0.15, -0.1) is 0 Å². The molecule has 1 saturated heterocycles. The lowest BCUT2D eigenvalue weighted by Crippen LogP contribution is -2.39. The van der Waals surface area contributed by atoms with Crippen molar-refractivity contribution in [1.29, 1.82) is 0 Å². The molecule has 1 fully saturated rings. The molecule has 0 amide bonds. The number of carboxylic acid groups (broad SMARTS) is 1. The van der Waals surface area contributed by atoms with Crippen LogP contribution >= 0.6 is 0 Å². The number of hydrogen-bond donors (Lipinski definition) is 2. The van der Waals surface area contributed by atoms with Crippen molar-refractivity contribution in [3.05, 3.63) is 23.5 Å². The number of benzene rings is 1. The van der Waals surface area contributed by atoms with Crippen molar-refractivity contribution in [1.82, 2.24) is 0 Å². The van der Waals surface area contributed by atoms with E-state index in [-0.39, 0.29) is 17.3 Å². The molecule has 3 N–H and O–H groups in total. The number of nitrogens with zero attached hydrogens (tertiary/aromatic N) is 1. The second-order valence-corrected chi connectivity index (χ2v) is 4.95. The van der Waals surface area contributed by atoms with Crippen LogP contribution in [-0.4, -0.2) is 23.7 Å². The van der Waals surface area contributed by atoms with E-state index in [9.17, 15) is 9.18 Å². The van der Waals surface area contributed by atoms with Gasteiger partial charge in [-0.05, 0) is 37.8 Å². The zero-order valence-corrected chi connectivity index (χ0v) is 11.0. The fourth-order valence-electron chi connectivity index (χ4n) is 2.72. The summed E-state index contributed by atoms with van der Waals surface area (Å²) in [7, 11) is 0. The first-order valence-electron chi connectivity index (χ1n) is 6.63. The molecule has 1 aliphatic heterocycles. The predicted octanol–water partition coefficient (Wildman–Crippen LogP) is 2.88. The summed E-state index contributed by atoms with van der Waals surface area (Å²) in [4.78, 5) is 13.1. The SMILES string of the molecule is CCC1CCCCN1c1cc(C(=O)O)c(N)cc1F. The van der Waals surface area contributed by atoms with E-state index in [0.29, 0.717) is 5.69 Å². The van der Waals surface area contributed by atoms with Gasteiger partial charge in [0.25, 0.3) is 0 Å². The zero-order chi connectivity index (χ0) is 14.0. The van der Waals surface area contributed by atoms with E-state index in [1.807, 2.05) is 4.90 Å². The van der Waals surface area contributed by atoms with Gasteiger partial charge >= 0.3 is 5.97 Å². The van der Waals surface area contributed by atoms with Crippen LogP contribution in [0.3, 0.4) is 0 Å². The lowest BCUT2D eigenvalue weighted by Gasteiger charge is -2.37. The Labute approximate surface area is 112 Å². The van der Waals surface area contributed by atoms with E-state index in [0.717, 1.165) is 38.3 Å². The van der Waals surface area contributed by atoms with Gasteiger partial charge in [0.15, 0.2) is 0 Å². The molecule has 19 heavy (non-hydrogen) atoms. The third kappa shape index (κ3) is 2.64. The first kappa shape index (κ1) is 13.6. The smallest absolute Gasteiger partial charge is 0.337 e. The lowest BCUT2D eigenvalue weighted by atomic mass is 9.98. The van der Waals surface area contributed by atoms with Gasteiger partial charge in [0.05, 0.1) is 11.3 Å². The van der Waals surface area contributed by atoms with E-state index in [1.165, 1.54) is 6.07 Å². The topological polar surface area (TPSA) is 66.6 Å². The van der Waals surface area contributed by atoms with Gasteiger partial charge in [-0.1, -0.05) is 6.92 Å². The highest BCUT2D eigenvalue weighted by atomic mass is 19.1. The van der Waals surface area contributed by atoms with E-state index >= 15 is 0 Å². The summed E-state index contributed by atoms with van der Waals surface area (Å²) in [5.74, 6) is -1.56. The molecule has 0 radical (unpaired) electrons. The Morgan fingerprint density at radius 3 is 2.89 bits per heavy atom. The Morgan fingerprint density at radius 2 is 2.26 bits per heavy atom. The van der Waals surface area contributed by atoms with Crippen LogP contribution in [-0.2, 0) is 0 Å². The summed E-state index contributed by atoms with van der Waals surface area (Å²) >= 11 is 0. The third-order valence-corrected chi connectivity index (χ3v) is 3.76. The number of nitrogens with two attached hydrogens (primary N) is 1. The van der Waals surface area contributed by atoms with Gasteiger partial charge in [-0.3, -0.25) is 0 Å². The number of halogens is 1. The Morgan fingerprint density at radius 1 is 1.53 bits per heavy atom. The third-order valence-electron chi connectivity index (χ3n) is 3.76. The van der Waals surface area contributed by atoms with Crippen LogP contribution < -0.4 is 10.6 Å². The molecule has 0 spiro atoms. The Hall–Kier alpha value is -1.78. The van der Waals surface area contributed by atoms with Crippen LogP contribution in [0.25, 0.3) is 0 Å². The summed E-state index contributed by atoms with van der Waals surface area (Å²) < 4.78 is 14.1. The molecule has 0 saturated carbocycles. The van der Waals surface area contributed by atoms with Crippen LogP contribution in [0.2, 0.25) is 0 Å². The fourth-order valence-corrected chi connectivity index (χ4v) is 2.72. The van der Waals surface area contributed by atoms with Crippen LogP contribution in [0.1, 0.15) is 43.0 Å². The molecule has 1 aromatic rings. The van der Waals surface area contributed by atoms with E-state index < -0.39 is 11.8 Å². The minimum Gasteiger partial charge on any atom is -0.478 e. The van der Waals surface area contributed by atoms with E-state index in [1.54, 1.807) is 0 Å². The van der Waals surface area contributed by atoms with Crippen molar-refractivity contribution >= 4 is 17.3 Å². The highest BCUT2D eigenvalue weighted by Gasteiger charge is 2.25. The molecule has 0 aromatic heterocycles. The van der Waals surface area contributed by atoms with Gasteiger partial charge in [0.2, 0.25) is 0 Å². The minimum absolute atomic E-state index is 0.0289. The molecular formula is C14H19FN2O2. The normalized spacial score (nSPS) is 19.5. The number of hydrogen-bond acceptors (Lipinski definition) is 3. The molecule has 1 atom stereocenters. The number of aromatic carboxylic acids is 1. The highest BCUT2D eigenvalue weighted by Crippen LogP contribution is 2.31. The zero-order valence-electron chi connectivity index (χ0n) is 11.0. The number of anilines is 2. The molecule has 1 aromatic carbocycles. The van der Waals surface area contributed by atoms with Crippen molar-refractivity contribution in [2.75, 3.05) is 17.2 Å². The second kappa shape index (κ2) is 5.47. The average Bonchev–Trinajstić information content (AvgIpc) is 2.38. The Kier molecular flexibility index (Phi) is 3.93. The number of carboxylic acids is 1. The Balaban J connectivity index is 2.42. The summed E-state index contributed by atoms with van der Waals surface area (Å²) in [5.41, 5.74) is 5.85. The van der Waals surface area contributed by atoms with Crippen molar-refractivity contribution < 1.29 is 14.3 Å². The molecular weight excluding hydrogens is 247 g/mol. The van der Waals surface area contributed by atoms with Crippen LogP contribution in [0.4, 0.5) is 15.8 Å². The monoisotopic (exact) mass is 266 g/mol. The molecule has 0 bridgehead atoms. The number of piperidine rings is 1. The highest BCUT2D eigenvalue weighted by molar-refractivity contribution is 5.95. The molecule has 5 heteroatoms. The summed E-state index contributed by atoms with van der Waals surface area (Å²) in [6.45, 7) is 2.83. The van der Waals surface area contributed by atoms with Crippen molar-refractivity contribution in [2.24, 2.45) is 0 Å². The molecule has 1 aliphatic rings. The van der Waals surface area contributed by atoms with Gasteiger partial charge in [-0.2, -0.15) is 0 Å². The second-order valence-electron chi connectivity index (χ2n) is 4.95. The van der Waals surface area contributed by atoms with Gasteiger partial charge in [-0.25, -0.2) is 9.18 Å². The molecule has 1 unspecified atom stereocenters. The molecule has 104 valence electrons. The summed E-state index contributed by atoms with van der Waals surface area (Å²) in [6.07, 6.45) is 4.08. The van der Waals surface area contributed by atoms with Gasteiger partial charge in [0, 0.05) is 18.3 Å². The minimum atomic E-state index is -1.12. The lowest BCUT2D eigenvalue weighted by molar-refractivity contribution is 0.0698. The van der Waals surface area contributed by atoms with E-state index in [2.05, 4.69) is 6.92 Å². The first-order valence-corrected chi connectivity index (χ1v) is 6.63. The van der Waals surface area contributed by atoms with Crippen LogP contribution in [0, 0.1) is 5.82 Å². The maximum Gasteiger partial charge on any atom is 0.337 e. The van der Waals surface area contributed by atoms with Gasteiger partial charge in [0.1, 0.15) is 5.82 Å². The maximum atomic E-state index is 14.1. The molecule has 1 heterocycles. The Bertz CT molecular complexity index is 491. The number of carbonyl (C=O) groups is 1. The first-order chi connectivity index (χ1) is 9.04. The van der Waals surface area contributed by atoms with E-state index in [4.69, 9.17) is 10.8 Å². The molecule has 2 rings (SSSR count). The summed E-state index contributed by atoms with van der Waals surface area (Å²) in [5, 5.41) is 9.08. The predicted molar refractivity (Wildman–Crippen MR) is 73.0 cm³/mol. The quantitative estimate of drug-likeness (QED) is 0.825. The number of rotatable bonds is 3. The fraction of sp³-hybridized carbons (Fsp3) is 0.500. The summed E-state index contributed by atoms with van der Waals surface area (Å²) in [6, 6.07) is 2.75. The molecule has 0 aliphatic carbocycles. The van der Waals surface area contributed by atoms with Crippen LogP contribution in [0.15, 0.2) is 12.1 Å². The standard InChI is InChI=1S/C14H19FN2O2/c1-2-9-5-3-4-6-17(9)13-7-10(14(18)19)12(16)8-11(13)15/h7-9H,2-6,16H2,1H3,(H,18,19). The van der Waals surface area contributed by atoms with Gasteiger partial charge < -0.3 is 15.7 Å². The number of nitrogen functional groups attached to an aromatic ring is 1. The molecule has 4 nitrogen and oxygen atoms in total. The van der Waals surface area contributed by atoms with Crippen LogP contribution in [0.5, 0.6) is 0 Å². The largest absolute Gasteiger partial charge is 0.478 e.